The Morgan fingerprint density at radius 2 is 1.87 bits per heavy atom. The highest BCUT2D eigenvalue weighted by atomic mass is 19.4. The van der Waals surface area contributed by atoms with Crippen LogP contribution in [0.4, 0.5) is 22.8 Å². The third kappa shape index (κ3) is 8.62. The van der Waals surface area contributed by atoms with Crippen molar-refractivity contribution in [1.29, 1.82) is 0 Å². The van der Waals surface area contributed by atoms with E-state index in [1.54, 1.807) is 20.8 Å². The number of benzene rings is 2. The van der Waals surface area contributed by atoms with Gasteiger partial charge in [-0.15, -0.1) is 4.99 Å². The molecule has 0 bridgehead atoms. The molecule has 2 aliphatic heterocycles. The lowest BCUT2D eigenvalue weighted by Crippen LogP contribution is -2.46. The Labute approximate surface area is 267 Å². The van der Waals surface area contributed by atoms with Crippen molar-refractivity contribution in [3.05, 3.63) is 53.4 Å². The Morgan fingerprint density at radius 3 is 2.60 bits per heavy atom. The maximum Gasteiger partial charge on any atom is 0.434 e. The number of amides is 2. The number of carbonyl (C=O) groups excluding carboxylic acids is 1. The molecule has 1 atom stereocenters. The molecule has 2 amide bonds. The van der Waals surface area contributed by atoms with E-state index >= 15 is 0 Å². The third-order valence-corrected chi connectivity index (χ3v) is 7.08. The molecule has 3 aromatic rings. The molecular weight excluding hydrogens is 627 g/mol. The minimum Gasteiger partial charge on any atom is -0.493 e. The van der Waals surface area contributed by atoms with Crippen LogP contribution in [0.25, 0.3) is 11.4 Å². The number of nitrogens with zero attached hydrogens (tertiary/aromatic N) is 4. The second-order valence-electron chi connectivity index (χ2n) is 11.8. The van der Waals surface area contributed by atoms with Gasteiger partial charge in [0.05, 0.1) is 12.2 Å². The summed E-state index contributed by atoms with van der Waals surface area (Å²) in [7, 11) is 0. The summed E-state index contributed by atoms with van der Waals surface area (Å²) in [6.07, 6.45) is -5.21. The van der Waals surface area contributed by atoms with Crippen molar-refractivity contribution in [3.63, 3.8) is 0 Å². The summed E-state index contributed by atoms with van der Waals surface area (Å²) in [6.45, 7) is 6.19. The van der Waals surface area contributed by atoms with Crippen molar-refractivity contribution in [2.24, 2.45) is 4.99 Å². The summed E-state index contributed by atoms with van der Waals surface area (Å²) in [4.78, 5) is 33.1. The highest BCUT2D eigenvalue weighted by Crippen LogP contribution is 2.39. The number of nitrogens with one attached hydrogen (secondary N) is 1. The van der Waals surface area contributed by atoms with Gasteiger partial charge in [-0.25, -0.2) is 9.59 Å². The van der Waals surface area contributed by atoms with Gasteiger partial charge >= 0.3 is 18.4 Å². The van der Waals surface area contributed by atoms with E-state index in [0.29, 0.717) is 50.4 Å². The van der Waals surface area contributed by atoms with Gasteiger partial charge in [0.15, 0.2) is 11.5 Å². The van der Waals surface area contributed by atoms with Crippen molar-refractivity contribution in [3.8, 4) is 28.6 Å². The monoisotopic (exact) mass is 661 g/mol. The van der Waals surface area contributed by atoms with Gasteiger partial charge in [-0.2, -0.15) is 18.2 Å². The number of rotatable bonds is 7. The molecule has 3 heterocycles. The first-order valence-electron chi connectivity index (χ1n) is 14.9. The number of ether oxygens (including phenoxy) is 4. The summed E-state index contributed by atoms with van der Waals surface area (Å²) < 4.78 is 69.6. The van der Waals surface area contributed by atoms with E-state index in [1.165, 1.54) is 17.0 Å². The molecule has 0 spiro atoms. The number of likely N-dealkylation sites (tertiary alicyclic amines) is 1. The second kappa shape index (κ2) is 13.8. The van der Waals surface area contributed by atoms with Crippen molar-refractivity contribution < 1.29 is 51.3 Å². The summed E-state index contributed by atoms with van der Waals surface area (Å²) in [6, 6.07) is 8.33. The number of fused-ring (bicyclic) bond motifs is 1. The standard InChI is InChI=1S/C31H34F3N5O8/c1-30(2,3)46-29(42)37-27(36-28(40)41)39-12-4-7-21(39)26-35-25(38-47-26)19-9-11-22(20(17-19)31(32,33)34)43-13-5-6-18-8-10-23-24(16-18)45-15-14-44-23/h8-11,16-17,21H,4-7,12-15H2,1-3H3,(H,40,41)(H,36,37,42)/t21-/m0/s1. The number of alkyl halides is 3. The summed E-state index contributed by atoms with van der Waals surface area (Å²) in [5, 5.41) is 15.5. The zero-order valence-electron chi connectivity index (χ0n) is 25.9. The lowest BCUT2D eigenvalue weighted by molar-refractivity contribution is -0.138. The highest BCUT2D eigenvalue weighted by Gasteiger charge is 2.37. The largest absolute Gasteiger partial charge is 0.493 e. The quantitative estimate of drug-likeness (QED) is 0.168. The molecule has 0 saturated carbocycles. The third-order valence-electron chi connectivity index (χ3n) is 7.08. The Morgan fingerprint density at radius 1 is 1.11 bits per heavy atom. The number of alkyl carbamates (subject to hydrolysis) is 1. The fourth-order valence-corrected chi connectivity index (χ4v) is 5.13. The number of aliphatic imine (C=N–C) groups is 1. The minimum atomic E-state index is -4.73. The van der Waals surface area contributed by atoms with Crippen LogP contribution in [-0.2, 0) is 17.3 Å². The van der Waals surface area contributed by atoms with Crippen LogP contribution in [0.2, 0.25) is 0 Å². The van der Waals surface area contributed by atoms with Gasteiger partial charge in [-0.1, -0.05) is 11.2 Å². The predicted octanol–water partition coefficient (Wildman–Crippen LogP) is 6.23. The Hall–Kier alpha value is -5.02. The van der Waals surface area contributed by atoms with E-state index in [9.17, 15) is 27.9 Å². The van der Waals surface area contributed by atoms with Crippen LogP contribution in [0.1, 0.15) is 63.1 Å². The summed E-state index contributed by atoms with van der Waals surface area (Å²) in [5.41, 5.74) is -0.874. The first kappa shape index (κ1) is 33.3. The molecule has 1 fully saturated rings. The smallest absolute Gasteiger partial charge is 0.434 e. The predicted molar refractivity (Wildman–Crippen MR) is 159 cm³/mol. The molecule has 1 aromatic heterocycles. The molecule has 0 aliphatic carbocycles. The summed E-state index contributed by atoms with van der Waals surface area (Å²) in [5.74, 6) is 0.559. The first-order chi connectivity index (χ1) is 22.3. The van der Waals surface area contributed by atoms with Crippen LogP contribution in [0.5, 0.6) is 17.2 Å². The number of carboxylic acid groups (broad SMARTS) is 1. The molecule has 252 valence electrons. The fourth-order valence-electron chi connectivity index (χ4n) is 5.13. The number of hydrogen-bond donors (Lipinski definition) is 2. The Balaban J connectivity index is 1.28. The zero-order chi connectivity index (χ0) is 33.8. The number of hydrogen-bond acceptors (Lipinski definition) is 9. The lowest BCUT2D eigenvalue weighted by atomic mass is 10.1. The molecule has 0 unspecified atom stereocenters. The van der Waals surface area contributed by atoms with Gasteiger partial charge in [-0.3, -0.25) is 5.32 Å². The molecule has 2 N–H and O–H groups in total. The van der Waals surface area contributed by atoms with E-state index in [4.69, 9.17) is 23.5 Å². The normalized spacial score (nSPS) is 16.6. The highest BCUT2D eigenvalue weighted by molar-refractivity contribution is 5.98. The lowest BCUT2D eigenvalue weighted by Gasteiger charge is -2.26. The number of carbonyl (C=O) groups is 2. The average molecular weight is 662 g/mol. The van der Waals surface area contributed by atoms with Crippen LogP contribution < -0.4 is 19.5 Å². The molecule has 5 rings (SSSR count). The van der Waals surface area contributed by atoms with Crippen LogP contribution in [0, 0.1) is 0 Å². The average Bonchev–Trinajstić information content (AvgIpc) is 3.68. The van der Waals surface area contributed by atoms with E-state index in [2.05, 4.69) is 20.4 Å². The van der Waals surface area contributed by atoms with E-state index in [1.807, 2.05) is 18.2 Å². The van der Waals surface area contributed by atoms with Crippen LogP contribution in [-0.4, -0.2) is 70.3 Å². The van der Waals surface area contributed by atoms with Gasteiger partial charge in [0.1, 0.15) is 30.6 Å². The molecule has 2 aliphatic rings. The van der Waals surface area contributed by atoms with Crippen molar-refractivity contribution in [1.82, 2.24) is 20.4 Å². The zero-order valence-corrected chi connectivity index (χ0v) is 25.9. The van der Waals surface area contributed by atoms with Crippen LogP contribution in [0.15, 0.2) is 45.9 Å². The van der Waals surface area contributed by atoms with Crippen molar-refractivity contribution >= 4 is 18.1 Å². The van der Waals surface area contributed by atoms with Gasteiger partial charge < -0.3 is 33.5 Å². The number of aromatic nitrogens is 2. The topological polar surface area (TPSA) is 158 Å². The van der Waals surface area contributed by atoms with Gasteiger partial charge in [-0.05, 0) is 82.3 Å². The van der Waals surface area contributed by atoms with Gasteiger partial charge in [0.2, 0.25) is 17.7 Å². The van der Waals surface area contributed by atoms with Crippen molar-refractivity contribution in [2.45, 2.75) is 64.3 Å². The molecule has 0 radical (unpaired) electrons. The van der Waals surface area contributed by atoms with Gasteiger partial charge in [0, 0.05) is 12.1 Å². The summed E-state index contributed by atoms with van der Waals surface area (Å²) >= 11 is 0. The van der Waals surface area contributed by atoms with Crippen LogP contribution in [0.3, 0.4) is 0 Å². The molecule has 47 heavy (non-hydrogen) atoms. The van der Waals surface area contributed by atoms with Crippen molar-refractivity contribution in [2.75, 3.05) is 26.4 Å². The first-order valence-corrected chi connectivity index (χ1v) is 14.9. The number of guanidine groups is 1. The van der Waals surface area contributed by atoms with E-state index in [0.717, 1.165) is 11.6 Å². The maximum atomic E-state index is 14.1. The number of aryl methyl sites for hydroxylation is 1. The van der Waals surface area contributed by atoms with Crippen LogP contribution >= 0.6 is 0 Å². The Kier molecular flexibility index (Phi) is 9.77. The molecule has 13 nitrogen and oxygen atoms in total. The van der Waals surface area contributed by atoms with E-state index in [-0.39, 0.29) is 42.1 Å². The van der Waals surface area contributed by atoms with E-state index < -0.39 is 35.6 Å². The Bertz CT molecular complexity index is 1640. The number of halogens is 3. The molecule has 2 aromatic carbocycles. The SMILES string of the molecule is CC(C)(C)OC(=O)N/C(=N\C(=O)O)N1CCC[C@H]1c1nc(-c2ccc(OCCCc3ccc4c(c3)OCCO4)c(C(F)(F)F)c2)no1. The molecule has 1 saturated heterocycles. The molecule has 16 heteroatoms. The van der Waals surface area contributed by atoms with Gasteiger partial charge in [0.25, 0.3) is 0 Å². The minimum absolute atomic E-state index is 0.00889. The molecular formula is C31H34F3N5O8. The second-order valence-corrected chi connectivity index (χ2v) is 11.8. The fraction of sp³-hybridized carbons (Fsp3) is 0.452. The maximum absolute atomic E-state index is 14.1.